The summed E-state index contributed by atoms with van der Waals surface area (Å²) in [5.41, 5.74) is -0.768. The number of carbonyl (C=O) groups is 1. The van der Waals surface area contributed by atoms with E-state index >= 15 is 0 Å². The van der Waals surface area contributed by atoms with Gasteiger partial charge in [-0.2, -0.15) is 5.26 Å². The van der Waals surface area contributed by atoms with E-state index < -0.39 is 5.41 Å². The van der Waals surface area contributed by atoms with E-state index in [4.69, 9.17) is 5.26 Å². The molecule has 0 bridgehead atoms. The van der Waals surface area contributed by atoms with Gasteiger partial charge >= 0.3 is 0 Å². The van der Waals surface area contributed by atoms with Crippen molar-refractivity contribution in [1.29, 1.82) is 5.26 Å². The summed E-state index contributed by atoms with van der Waals surface area (Å²) in [5.74, 6) is 5.30. The number of hydrogen-bond acceptors (Lipinski definition) is 2. The summed E-state index contributed by atoms with van der Waals surface area (Å²) in [4.78, 5) is 11.7. The number of nitrogens with one attached hydrogen (secondary N) is 1. The predicted octanol–water partition coefficient (Wildman–Crippen LogP) is 1.21. The first-order chi connectivity index (χ1) is 6.75. The van der Waals surface area contributed by atoms with Gasteiger partial charge in [0, 0.05) is 0 Å². The lowest BCUT2D eigenvalue weighted by Crippen LogP contribution is -2.38. The van der Waals surface area contributed by atoms with Gasteiger partial charge in [-0.1, -0.05) is 18.8 Å². The lowest BCUT2D eigenvalue weighted by molar-refractivity contribution is -0.127. The molecule has 1 fully saturated rings. The number of carbonyl (C=O) groups excluding carboxylic acids is 1. The fourth-order valence-corrected chi connectivity index (χ4v) is 1.75. The molecule has 1 amide bonds. The Morgan fingerprint density at radius 1 is 1.50 bits per heavy atom. The summed E-state index contributed by atoms with van der Waals surface area (Å²) in [7, 11) is 0. The molecule has 1 rings (SSSR count). The molecule has 3 nitrogen and oxygen atoms in total. The van der Waals surface area contributed by atoms with Gasteiger partial charge in [0.25, 0.3) is 0 Å². The Balaban J connectivity index is 2.56. The van der Waals surface area contributed by atoms with Crippen LogP contribution in [0.5, 0.6) is 0 Å². The first kappa shape index (κ1) is 10.6. The monoisotopic (exact) mass is 190 g/mol. The molecule has 1 aliphatic rings. The molecule has 0 atom stereocenters. The van der Waals surface area contributed by atoms with Gasteiger partial charge in [-0.25, -0.2) is 0 Å². The van der Waals surface area contributed by atoms with Crippen LogP contribution in [-0.4, -0.2) is 12.5 Å². The second-order valence-electron chi connectivity index (χ2n) is 3.51. The minimum absolute atomic E-state index is 0.153. The van der Waals surface area contributed by atoms with Crippen molar-refractivity contribution < 1.29 is 4.79 Å². The van der Waals surface area contributed by atoms with Crippen molar-refractivity contribution in [3.8, 4) is 17.9 Å². The summed E-state index contributed by atoms with van der Waals surface area (Å²) in [6, 6.07) is 2.14. The van der Waals surface area contributed by atoms with Gasteiger partial charge in [0.1, 0.15) is 5.41 Å². The minimum atomic E-state index is -0.768. The second kappa shape index (κ2) is 4.67. The Bertz CT molecular complexity index is 310. The zero-order valence-corrected chi connectivity index (χ0v) is 8.39. The Morgan fingerprint density at radius 2 is 2.14 bits per heavy atom. The number of hydrogen-bond donors (Lipinski definition) is 1. The van der Waals surface area contributed by atoms with Crippen LogP contribution in [0.1, 0.15) is 32.6 Å². The zero-order chi connectivity index (χ0) is 10.4. The van der Waals surface area contributed by atoms with Crippen LogP contribution in [0.3, 0.4) is 0 Å². The third kappa shape index (κ3) is 2.06. The van der Waals surface area contributed by atoms with Crippen LogP contribution in [0.2, 0.25) is 0 Å². The molecule has 0 aromatic rings. The molecule has 0 radical (unpaired) electrons. The third-order valence-electron chi connectivity index (χ3n) is 2.62. The summed E-state index contributed by atoms with van der Waals surface area (Å²) < 4.78 is 0. The molecule has 1 aliphatic carbocycles. The Morgan fingerprint density at radius 3 is 2.64 bits per heavy atom. The lowest BCUT2D eigenvalue weighted by atomic mass is 9.87. The molecule has 1 saturated carbocycles. The molecule has 0 spiro atoms. The van der Waals surface area contributed by atoms with E-state index in [1.165, 1.54) is 0 Å². The first-order valence-corrected chi connectivity index (χ1v) is 4.84. The molecule has 0 aliphatic heterocycles. The molecule has 0 unspecified atom stereocenters. The van der Waals surface area contributed by atoms with Gasteiger partial charge in [-0.15, -0.1) is 5.92 Å². The van der Waals surface area contributed by atoms with E-state index in [2.05, 4.69) is 23.2 Å². The standard InChI is InChI=1S/C11H14N2O/c1-2-3-8-13-10(14)11(9-12)6-4-5-7-11/h4-8H2,1H3,(H,13,14). The predicted molar refractivity (Wildman–Crippen MR) is 53.0 cm³/mol. The lowest BCUT2D eigenvalue weighted by Gasteiger charge is -2.17. The molecule has 14 heavy (non-hydrogen) atoms. The molecule has 1 N–H and O–H groups in total. The topological polar surface area (TPSA) is 52.9 Å². The van der Waals surface area contributed by atoms with Crippen molar-refractivity contribution >= 4 is 5.91 Å². The zero-order valence-electron chi connectivity index (χ0n) is 8.39. The molecule has 74 valence electrons. The van der Waals surface area contributed by atoms with Crippen molar-refractivity contribution in [2.24, 2.45) is 5.41 Å². The highest BCUT2D eigenvalue weighted by Gasteiger charge is 2.41. The number of nitriles is 1. The second-order valence-corrected chi connectivity index (χ2v) is 3.51. The quantitative estimate of drug-likeness (QED) is 0.665. The average molecular weight is 190 g/mol. The van der Waals surface area contributed by atoms with Crippen molar-refractivity contribution in [3.63, 3.8) is 0 Å². The first-order valence-electron chi connectivity index (χ1n) is 4.84. The van der Waals surface area contributed by atoms with E-state index in [1.807, 2.05) is 0 Å². The highest BCUT2D eigenvalue weighted by atomic mass is 16.2. The van der Waals surface area contributed by atoms with Crippen molar-refractivity contribution in [1.82, 2.24) is 5.32 Å². The van der Waals surface area contributed by atoms with Crippen LogP contribution in [0.25, 0.3) is 0 Å². The summed E-state index contributed by atoms with van der Waals surface area (Å²) in [5, 5.41) is 11.7. The van der Waals surface area contributed by atoms with Crippen LogP contribution in [0, 0.1) is 28.6 Å². The summed E-state index contributed by atoms with van der Waals surface area (Å²) in [6.45, 7) is 2.07. The third-order valence-corrected chi connectivity index (χ3v) is 2.62. The molecule has 0 saturated heterocycles. The number of rotatable bonds is 2. The smallest absolute Gasteiger partial charge is 0.241 e. The Labute approximate surface area is 84.5 Å². The van der Waals surface area contributed by atoms with Crippen LogP contribution < -0.4 is 5.32 Å². The highest BCUT2D eigenvalue weighted by molar-refractivity contribution is 5.85. The fourth-order valence-electron chi connectivity index (χ4n) is 1.75. The van der Waals surface area contributed by atoms with Gasteiger partial charge in [-0.05, 0) is 19.8 Å². The largest absolute Gasteiger partial charge is 0.344 e. The SMILES string of the molecule is CC#CCNC(=O)C1(C#N)CCCC1. The maximum absolute atomic E-state index is 11.7. The van der Waals surface area contributed by atoms with E-state index in [0.29, 0.717) is 19.4 Å². The van der Waals surface area contributed by atoms with Crippen molar-refractivity contribution in [2.45, 2.75) is 32.6 Å². The van der Waals surface area contributed by atoms with Gasteiger partial charge < -0.3 is 5.32 Å². The molecular formula is C11H14N2O. The maximum atomic E-state index is 11.7. The minimum Gasteiger partial charge on any atom is -0.344 e. The van der Waals surface area contributed by atoms with Crippen LogP contribution in [-0.2, 0) is 4.79 Å². The molecular weight excluding hydrogens is 176 g/mol. The number of amides is 1. The maximum Gasteiger partial charge on any atom is 0.241 e. The summed E-state index contributed by atoms with van der Waals surface area (Å²) >= 11 is 0. The van der Waals surface area contributed by atoms with Crippen molar-refractivity contribution in [3.05, 3.63) is 0 Å². The van der Waals surface area contributed by atoms with Gasteiger partial charge in [-0.3, -0.25) is 4.79 Å². The molecule has 3 heteroatoms. The number of nitrogens with zero attached hydrogens (tertiary/aromatic N) is 1. The van der Waals surface area contributed by atoms with Gasteiger partial charge in [0.05, 0.1) is 12.6 Å². The normalized spacial score (nSPS) is 17.7. The van der Waals surface area contributed by atoms with Gasteiger partial charge in [0.15, 0.2) is 0 Å². The Hall–Kier alpha value is -1.48. The fraction of sp³-hybridized carbons (Fsp3) is 0.636. The highest BCUT2D eigenvalue weighted by Crippen LogP contribution is 2.37. The molecule has 0 heterocycles. The van der Waals surface area contributed by atoms with E-state index in [-0.39, 0.29) is 5.91 Å². The Kier molecular flexibility index (Phi) is 3.54. The summed E-state index contributed by atoms with van der Waals surface area (Å²) in [6.07, 6.45) is 3.32. The van der Waals surface area contributed by atoms with Gasteiger partial charge in [0.2, 0.25) is 5.91 Å². The van der Waals surface area contributed by atoms with E-state index in [9.17, 15) is 4.79 Å². The molecule has 0 aromatic heterocycles. The molecule has 0 aromatic carbocycles. The average Bonchev–Trinajstić information content (AvgIpc) is 2.67. The van der Waals surface area contributed by atoms with Crippen molar-refractivity contribution in [2.75, 3.05) is 6.54 Å². The van der Waals surface area contributed by atoms with E-state index in [0.717, 1.165) is 12.8 Å². The van der Waals surface area contributed by atoms with Crippen LogP contribution in [0.15, 0.2) is 0 Å². The van der Waals surface area contributed by atoms with Crippen LogP contribution >= 0.6 is 0 Å². The van der Waals surface area contributed by atoms with E-state index in [1.54, 1.807) is 6.92 Å². The van der Waals surface area contributed by atoms with Crippen LogP contribution in [0.4, 0.5) is 0 Å².